The van der Waals surface area contributed by atoms with Crippen LogP contribution in [0, 0.1) is 0 Å². The van der Waals surface area contributed by atoms with Gasteiger partial charge in [-0.1, -0.05) is 12.1 Å². The largest absolute Gasteiger partial charge is 0.481 e. The molecule has 2 aliphatic rings. The van der Waals surface area contributed by atoms with Gasteiger partial charge in [0.05, 0.1) is 16.4 Å². The normalized spacial score (nSPS) is 20.1. The number of piperazine rings is 1. The molecule has 1 fully saturated rings. The van der Waals surface area contributed by atoms with Gasteiger partial charge in [-0.25, -0.2) is 13.4 Å². The molecule has 0 amide bonds. The standard InChI is InChI=1S/C23H24F3N3O4S/c1-2-21(34(32,33)17-6-3-15-4-7-18(22(30)31)19(15)13-17)29-11-9-28(10-12-29)20-8-5-16(14-27-20)23(24,25)26/h2-3,5-6,8,13-14,18,21H,1,4,7,9-12H2,(H,30,31). The van der Waals surface area contributed by atoms with Gasteiger partial charge in [0.2, 0.25) is 0 Å². The van der Waals surface area contributed by atoms with Gasteiger partial charge in [-0.15, -0.1) is 6.58 Å². The Bertz CT molecular complexity index is 1190. The Balaban J connectivity index is 1.49. The van der Waals surface area contributed by atoms with Crippen molar-refractivity contribution in [2.45, 2.75) is 35.2 Å². The molecule has 4 rings (SSSR count). The van der Waals surface area contributed by atoms with Crippen LogP contribution in [0.4, 0.5) is 19.0 Å². The van der Waals surface area contributed by atoms with Crippen LogP contribution < -0.4 is 4.90 Å². The van der Waals surface area contributed by atoms with E-state index in [9.17, 15) is 31.5 Å². The molecule has 182 valence electrons. The minimum absolute atomic E-state index is 0.0520. The lowest BCUT2D eigenvalue weighted by Crippen LogP contribution is -2.52. The summed E-state index contributed by atoms with van der Waals surface area (Å²) >= 11 is 0. The molecule has 1 aromatic heterocycles. The van der Waals surface area contributed by atoms with Gasteiger partial charge in [-0.3, -0.25) is 9.69 Å². The lowest BCUT2D eigenvalue weighted by atomic mass is 10.0. The van der Waals surface area contributed by atoms with Crippen LogP contribution in [0.3, 0.4) is 0 Å². The first-order valence-corrected chi connectivity index (χ1v) is 12.3. The average molecular weight is 496 g/mol. The molecule has 1 aromatic carbocycles. The Labute approximate surface area is 195 Å². The SMILES string of the molecule is C=CC(N1CCN(c2ccc(C(F)(F)F)cn2)CC1)S(=O)(=O)c1ccc2c(c1)C(C(=O)O)CC2. The summed E-state index contributed by atoms with van der Waals surface area (Å²) in [5.74, 6) is -1.29. The topological polar surface area (TPSA) is 90.8 Å². The van der Waals surface area contributed by atoms with Gasteiger partial charge < -0.3 is 10.0 Å². The Morgan fingerprint density at radius 3 is 2.44 bits per heavy atom. The molecule has 0 saturated carbocycles. The van der Waals surface area contributed by atoms with Crippen molar-refractivity contribution in [2.75, 3.05) is 31.1 Å². The number of carbonyl (C=O) groups is 1. The lowest BCUT2D eigenvalue weighted by Gasteiger charge is -2.38. The van der Waals surface area contributed by atoms with Gasteiger partial charge in [0, 0.05) is 32.4 Å². The number of aromatic nitrogens is 1. The van der Waals surface area contributed by atoms with Crippen LogP contribution in [-0.4, -0.2) is 60.9 Å². The second-order valence-corrected chi connectivity index (χ2v) is 10.4. The maximum Gasteiger partial charge on any atom is 0.417 e. The summed E-state index contributed by atoms with van der Waals surface area (Å²) in [7, 11) is -3.87. The number of hydrogen-bond donors (Lipinski definition) is 1. The number of hydrogen-bond acceptors (Lipinski definition) is 6. The van der Waals surface area contributed by atoms with E-state index in [1.165, 1.54) is 24.3 Å². The lowest BCUT2D eigenvalue weighted by molar-refractivity contribution is -0.139. The third kappa shape index (κ3) is 4.54. The Morgan fingerprint density at radius 1 is 1.18 bits per heavy atom. The van der Waals surface area contributed by atoms with Gasteiger partial charge in [0.15, 0.2) is 9.84 Å². The van der Waals surface area contributed by atoms with Crippen LogP contribution in [0.2, 0.25) is 0 Å². The number of carboxylic acid groups (broad SMARTS) is 1. The summed E-state index contributed by atoms with van der Waals surface area (Å²) in [6.45, 7) is 5.13. The minimum atomic E-state index is -4.46. The van der Waals surface area contributed by atoms with E-state index in [1.807, 2.05) is 0 Å². The molecule has 11 heteroatoms. The number of aryl methyl sites for hydroxylation is 1. The van der Waals surface area contributed by atoms with Crippen LogP contribution in [0.5, 0.6) is 0 Å². The van der Waals surface area contributed by atoms with Crippen LogP contribution in [-0.2, 0) is 27.2 Å². The molecule has 1 aliphatic heterocycles. The number of alkyl halides is 3. The second-order valence-electron chi connectivity index (χ2n) is 8.39. The van der Waals surface area contributed by atoms with Crippen molar-refractivity contribution in [3.8, 4) is 0 Å². The van der Waals surface area contributed by atoms with Crippen molar-refractivity contribution in [1.29, 1.82) is 0 Å². The number of anilines is 1. The second kappa shape index (κ2) is 9.03. The maximum absolute atomic E-state index is 13.4. The van der Waals surface area contributed by atoms with E-state index in [1.54, 1.807) is 15.9 Å². The van der Waals surface area contributed by atoms with E-state index in [2.05, 4.69) is 11.6 Å². The first kappa shape index (κ1) is 24.2. The highest BCUT2D eigenvalue weighted by molar-refractivity contribution is 7.92. The fraction of sp³-hybridized carbons (Fsp3) is 0.391. The van der Waals surface area contributed by atoms with E-state index >= 15 is 0 Å². The minimum Gasteiger partial charge on any atom is -0.481 e. The van der Waals surface area contributed by atoms with Crippen LogP contribution in [0.1, 0.15) is 29.0 Å². The van der Waals surface area contributed by atoms with Crippen molar-refractivity contribution < 1.29 is 31.5 Å². The smallest absolute Gasteiger partial charge is 0.417 e. The van der Waals surface area contributed by atoms with Crippen molar-refractivity contribution in [1.82, 2.24) is 9.88 Å². The highest BCUT2D eigenvalue weighted by Crippen LogP contribution is 2.36. The molecule has 2 heterocycles. The average Bonchev–Trinajstić information content (AvgIpc) is 3.23. The molecular formula is C23H24F3N3O4S. The van der Waals surface area contributed by atoms with E-state index in [4.69, 9.17) is 0 Å². The quantitative estimate of drug-likeness (QED) is 0.615. The summed E-state index contributed by atoms with van der Waals surface area (Å²) in [6, 6.07) is 6.94. The molecule has 34 heavy (non-hydrogen) atoms. The van der Waals surface area contributed by atoms with Crippen molar-refractivity contribution in [3.05, 3.63) is 65.9 Å². The van der Waals surface area contributed by atoms with E-state index in [0.29, 0.717) is 50.4 Å². The van der Waals surface area contributed by atoms with Crippen molar-refractivity contribution >= 4 is 21.6 Å². The van der Waals surface area contributed by atoms with Gasteiger partial charge in [-0.05, 0) is 48.2 Å². The van der Waals surface area contributed by atoms with E-state index in [0.717, 1.165) is 17.8 Å². The number of fused-ring (bicyclic) bond motifs is 1. The van der Waals surface area contributed by atoms with Crippen LogP contribution in [0.25, 0.3) is 0 Å². The van der Waals surface area contributed by atoms with Gasteiger partial charge in [0.25, 0.3) is 0 Å². The fourth-order valence-corrected chi connectivity index (χ4v) is 6.26. The Morgan fingerprint density at radius 2 is 1.88 bits per heavy atom. The number of pyridine rings is 1. The molecule has 7 nitrogen and oxygen atoms in total. The fourth-order valence-electron chi connectivity index (χ4n) is 4.57. The summed E-state index contributed by atoms with van der Waals surface area (Å²) in [4.78, 5) is 19.0. The Kier molecular flexibility index (Phi) is 6.43. The molecule has 2 atom stereocenters. The number of aliphatic carboxylic acids is 1. The number of halogens is 3. The first-order chi connectivity index (χ1) is 16.0. The molecule has 0 radical (unpaired) electrons. The molecule has 1 saturated heterocycles. The van der Waals surface area contributed by atoms with Crippen molar-refractivity contribution in [2.24, 2.45) is 0 Å². The number of rotatable bonds is 6. The highest BCUT2D eigenvalue weighted by atomic mass is 32.2. The summed E-state index contributed by atoms with van der Waals surface area (Å²) in [5.41, 5.74) is 0.556. The number of benzene rings is 1. The highest BCUT2D eigenvalue weighted by Gasteiger charge is 2.36. The zero-order chi connectivity index (χ0) is 24.7. The number of sulfone groups is 1. The molecule has 0 bridgehead atoms. The first-order valence-electron chi connectivity index (χ1n) is 10.8. The van der Waals surface area contributed by atoms with Gasteiger partial charge in [-0.2, -0.15) is 13.2 Å². The number of carboxylic acids is 1. The third-order valence-corrected chi connectivity index (χ3v) is 8.45. The molecule has 1 N–H and O–H groups in total. The summed E-state index contributed by atoms with van der Waals surface area (Å²) in [5, 5.41) is 8.43. The van der Waals surface area contributed by atoms with Gasteiger partial charge in [0.1, 0.15) is 11.2 Å². The monoisotopic (exact) mass is 495 g/mol. The predicted molar refractivity (Wildman–Crippen MR) is 119 cm³/mol. The molecule has 2 aromatic rings. The molecule has 2 unspecified atom stereocenters. The maximum atomic E-state index is 13.4. The summed E-state index contributed by atoms with van der Waals surface area (Å²) in [6.07, 6.45) is -1.28. The van der Waals surface area contributed by atoms with Crippen LogP contribution in [0.15, 0.2) is 54.1 Å². The Hall–Kier alpha value is -2.92. The molecule has 0 spiro atoms. The van der Waals surface area contributed by atoms with Crippen molar-refractivity contribution in [3.63, 3.8) is 0 Å². The van der Waals surface area contributed by atoms with E-state index in [-0.39, 0.29) is 4.90 Å². The number of nitrogens with zero attached hydrogens (tertiary/aromatic N) is 3. The third-order valence-electron chi connectivity index (χ3n) is 6.41. The predicted octanol–water partition coefficient (Wildman–Crippen LogP) is 3.32. The zero-order valence-corrected chi connectivity index (χ0v) is 19.0. The summed E-state index contributed by atoms with van der Waals surface area (Å²) < 4.78 is 65.2. The van der Waals surface area contributed by atoms with Crippen LogP contribution >= 0.6 is 0 Å². The van der Waals surface area contributed by atoms with Gasteiger partial charge >= 0.3 is 12.1 Å². The molecule has 1 aliphatic carbocycles. The van der Waals surface area contributed by atoms with E-state index < -0.39 is 38.8 Å². The molecular weight excluding hydrogens is 471 g/mol. The zero-order valence-electron chi connectivity index (χ0n) is 18.2.